The van der Waals surface area contributed by atoms with Crippen molar-refractivity contribution in [2.75, 3.05) is 6.61 Å². The summed E-state index contributed by atoms with van der Waals surface area (Å²) in [5.74, 6) is 1.69. The SMILES string of the molecule is C#CCOc1cccc(COc2ccc(CCC(=O)O)cc2F)c1. The van der Waals surface area contributed by atoms with Gasteiger partial charge in [0, 0.05) is 6.42 Å². The fraction of sp³-hybridized carbons (Fsp3) is 0.211. The molecule has 0 fully saturated rings. The summed E-state index contributed by atoms with van der Waals surface area (Å²) < 4.78 is 24.8. The lowest BCUT2D eigenvalue weighted by molar-refractivity contribution is -0.136. The average molecular weight is 328 g/mol. The lowest BCUT2D eigenvalue weighted by Gasteiger charge is -2.10. The molecular weight excluding hydrogens is 311 g/mol. The Bertz CT molecular complexity index is 749. The van der Waals surface area contributed by atoms with Crippen molar-refractivity contribution in [1.29, 1.82) is 0 Å². The topological polar surface area (TPSA) is 55.8 Å². The summed E-state index contributed by atoms with van der Waals surface area (Å²) in [6.07, 6.45) is 5.38. The standard InChI is InChI=1S/C19H17FO4/c1-2-10-23-16-5-3-4-15(11-16)13-24-18-8-6-14(12-17(18)20)7-9-19(21)22/h1,3-6,8,11-12H,7,9-10,13H2,(H,21,22). The van der Waals surface area contributed by atoms with Gasteiger partial charge >= 0.3 is 5.97 Å². The molecule has 4 nitrogen and oxygen atoms in total. The van der Waals surface area contributed by atoms with Gasteiger partial charge in [0.1, 0.15) is 19.0 Å². The van der Waals surface area contributed by atoms with Crippen LogP contribution in [0.3, 0.4) is 0 Å². The third-order valence-electron chi connectivity index (χ3n) is 3.24. The van der Waals surface area contributed by atoms with Gasteiger partial charge in [-0.1, -0.05) is 24.1 Å². The maximum absolute atomic E-state index is 14.0. The number of hydrogen-bond donors (Lipinski definition) is 1. The van der Waals surface area contributed by atoms with Crippen molar-refractivity contribution in [1.82, 2.24) is 0 Å². The molecule has 0 spiro atoms. The van der Waals surface area contributed by atoms with Crippen LogP contribution in [0.15, 0.2) is 42.5 Å². The highest BCUT2D eigenvalue weighted by molar-refractivity contribution is 5.67. The van der Waals surface area contributed by atoms with Crippen LogP contribution < -0.4 is 9.47 Å². The highest BCUT2D eigenvalue weighted by Gasteiger charge is 2.07. The van der Waals surface area contributed by atoms with E-state index in [0.29, 0.717) is 11.3 Å². The molecule has 0 heterocycles. The molecule has 0 aliphatic heterocycles. The van der Waals surface area contributed by atoms with Crippen LogP contribution in [0.2, 0.25) is 0 Å². The molecule has 0 amide bonds. The van der Waals surface area contributed by atoms with E-state index in [-0.39, 0.29) is 31.8 Å². The van der Waals surface area contributed by atoms with E-state index in [9.17, 15) is 9.18 Å². The number of ether oxygens (including phenoxy) is 2. The zero-order valence-electron chi connectivity index (χ0n) is 13.0. The fourth-order valence-corrected chi connectivity index (χ4v) is 2.08. The van der Waals surface area contributed by atoms with Crippen LogP contribution >= 0.6 is 0 Å². The second kappa shape index (κ2) is 8.59. The molecule has 0 saturated carbocycles. The molecule has 0 bridgehead atoms. The number of carbonyl (C=O) groups is 1. The predicted molar refractivity (Wildman–Crippen MR) is 87.5 cm³/mol. The second-order valence-corrected chi connectivity index (χ2v) is 5.09. The van der Waals surface area contributed by atoms with E-state index in [1.165, 1.54) is 12.1 Å². The summed E-state index contributed by atoms with van der Waals surface area (Å²) in [6.45, 7) is 0.357. The van der Waals surface area contributed by atoms with Crippen molar-refractivity contribution in [3.05, 3.63) is 59.4 Å². The number of terminal acetylenes is 1. The van der Waals surface area contributed by atoms with Gasteiger partial charge in [-0.15, -0.1) is 6.42 Å². The molecule has 2 rings (SSSR count). The van der Waals surface area contributed by atoms with E-state index in [4.69, 9.17) is 21.0 Å². The van der Waals surface area contributed by atoms with Crippen molar-refractivity contribution in [2.45, 2.75) is 19.4 Å². The number of benzene rings is 2. The van der Waals surface area contributed by atoms with Crippen LogP contribution in [-0.4, -0.2) is 17.7 Å². The first-order valence-corrected chi connectivity index (χ1v) is 7.36. The van der Waals surface area contributed by atoms with E-state index >= 15 is 0 Å². The summed E-state index contributed by atoms with van der Waals surface area (Å²) in [7, 11) is 0. The zero-order chi connectivity index (χ0) is 17.4. The summed E-state index contributed by atoms with van der Waals surface area (Å²) in [6, 6.07) is 11.6. The minimum Gasteiger partial charge on any atom is -0.486 e. The largest absolute Gasteiger partial charge is 0.486 e. The van der Waals surface area contributed by atoms with Gasteiger partial charge in [0.25, 0.3) is 0 Å². The van der Waals surface area contributed by atoms with Gasteiger partial charge in [0.05, 0.1) is 0 Å². The van der Waals surface area contributed by atoms with Crippen LogP contribution in [0, 0.1) is 18.2 Å². The van der Waals surface area contributed by atoms with Crippen LogP contribution in [0.1, 0.15) is 17.5 Å². The molecule has 2 aromatic rings. The molecule has 0 radical (unpaired) electrons. The Morgan fingerprint density at radius 1 is 1.17 bits per heavy atom. The first-order chi connectivity index (χ1) is 11.6. The van der Waals surface area contributed by atoms with Gasteiger partial charge in [0.2, 0.25) is 0 Å². The smallest absolute Gasteiger partial charge is 0.303 e. The molecule has 24 heavy (non-hydrogen) atoms. The summed E-state index contributed by atoms with van der Waals surface area (Å²) in [5, 5.41) is 8.65. The van der Waals surface area contributed by atoms with Crippen molar-refractivity contribution >= 4 is 5.97 Å². The zero-order valence-corrected chi connectivity index (χ0v) is 13.0. The predicted octanol–water partition coefficient (Wildman–Crippen LogP) is 3.43. The van der Waals surface area contributed by atoms with Crippen molar-refractivity contribution < 1.29 is 23.8 Å². The number of carboxylic acid groups (broad SMARTS) is 1. The number of hydrogen-bond acceptors (Lipinski definition) is 3. The van der Waals surface area contributed by atoms with Gasteiger partial charge in [-0.2, -0.15) is 0 Å². The van der Waals surface area contributed by atoms with Crippen molar-refractivity contribution in [3.63, 3.8) is 0 Å². The Morgan fingerprint density at radius 3 is 2.71 bits per heavy atom. The van der Waals surface area contributed by atoms with Gasteiger partial charge < -0.3 is 14.6 Å². The number of carboxylic acids is 1. The molecule has 1 N–H and O–H groups in total. The molecule has 0 aliphatic carbocycles. The Balaban J connectivity index is 1.96. The Kier molecular flexibility index (Phi) is 6.21. The second-order valence-electron chi connectivity index (χ2n) is 5.09. The van der Waals surface area contributed by atoms with Crippen LogP contribution in [0.25, 0.3) is 0 Å². The number of aryl methyl sites for hydroxylation is 1. The minimum atomic E-state index is -0.914. The number of rotatable bonds is 8. The normalized spacial score (nSPS) is 10.0. The van der Waals surface area contributed by atoms with Crippen LogP contribution in [-0.2, 0) is 17.8 Å². The summed E-state index contributed by atoms with van der Waals surface area (Å²) >= 11 is 0. The van der Waals surface area contributed by atoms with E-state index in [2.05, 4.69) is 5.92 Å². The third-order valence-corrected chi connectivity index (χ3v) is 3.24. The molecule has 0 aromatic heterocycles. The molecular formula is C19H17FO4. The van der Waals surface area contributed by atoms with E-state index in [1.54, 1.807) is 24.3 Å². The van der Waals surface area contributed by atoms with Gasteiger partial charge in [-0.25, -0.2) is 4.39 Å². The summed E-state index contributed by atoms with van der Waals surface area (Å²) in [4.78, 5) is 10.5. The van der Waals surface area contributed by atoms with E-state index < -0.39 is 11.8 Å². The van der Waals surface area contributed by atoms with Gasteiger partial charge in [-0.05, 0) is 41.8 Å². The maximum atomic E-state index is 14.0. The number of halogens is 1. The van der Waals surface area contributed by atoms with Crippen LogP contribution in [0.5, 0.6) is 11.5 Å². The lowest BCUT2D eigenvalue weighted by Crippen LogP contribution is -2.01. The highest BCUT2D eigenvalue weighted by Crippen LogP contribution is 2.21. The Morgan fingerprint density at radius 2 is 2.00 bits per heavy atom. The van der Waals surface area contributed by atoms with Gasteiger partial charge in [-0.3, -0.25) is 4.79 Å². The third kappa shape index (κ3) is 5.33. The fourth-order valence-electron chi connectivity index (χ4n) is 2.08. The first kappa shape index (κ1) is 17.4. The number of aliphatic carboxylic acids is 1. The molecule has 0 atom stereocenters. The summed E-state index contributed by atoms with van der Waals surface area (Å²) in [5.41, 5.74) is 1.44. The van der Waals surface area contributed by atoms with Crippen molar-refractivity contribution in [2.24, 2.45) is 0 Å². The van der Waals surface area contributed by atoms with E-state index in [0.717, 1.165) is 5.56 Å². The Labute approximate surface area is 139 Å². The van der Waals surface area contributed by atoms with Gasteiger partial charge in [0.15, 0.2) is 11.6 Å². The first-order valence-electron chi connectivity index (χ1n) is 7.36. The molecule has 0 aliphatic rings. The molecule has 2 aromatic carbocycles. The average Bonchev–Trinajstić information content (AvgIpc) is 2.57. The molecule has 0 unspecified atom stereocenters. The lowest BCUT2D eigenvalue weighted by atomic mass is 10.1. The Hall–Kier alpha value is -3.00. The quantitative estimate of drug-likeness (QED) is 0.754. The van der Waals surface area contributed by atoms with E-state index in [1.807, 2.05) is 6.07 Å². The molecule has 5 heteroatoms. The maximum Gasteiger partial charge on any atom is 0.303 e. The highest BCUT2D eigenvalue weighted by atomic mass is 19.1. The minimum absolute atomic E-state index is 0.0376. The monoisotopic (exact) mass is 328 g/mol. The van der Waals surface area contributed by atoms with Crippen molar-refractivity contribution in [3.8, 4) is 23.8 Å². The van der Waals surface area contributed by atoms with Crippen LogP contribution in [0.4, 0.5) is 4.39 Å². The molecule has 124 valence electrons. The molecule has 0 saturated heterocycles.